The van der Waals surface area contributed by atoms with E-state index in [-0.39, 0.29) is 16.8 Å². The monoisotopic (exact) mass is 430 g/mol. The van der Waals surface area contributed by atoms with Gasteiger partial charge in [0.25, 0.3) is 11.8 Å². The van der Waals surface area contributed by atoms with Gasteiger partial charge in [0.2, 0.25) is 0 Å². The standard InChI is InChI=1S/C23H18F4N2O2/c1-29(2)22(31)16-10-6-7-11-18(16)28-21(30)19-15(14-8-4-3-5-9-14)12-13-17(24)20(19)23(25,26)27/h3-13H,1-2H3,(H,28,30). The fourth-order valence-electron chi connectivity index (χ4n) is 3.15. The Kier molecular flexibility index (Phi) is 6.10. The van der Waals surface area contributed by atoms with Crippen molar-refractivity contribution in [2.75, 3.05) is 19.4 Å². The Morgan fingerprint density at radius 3 is 2.10 bits per heavy atom. The van der Waals surface area contributed by atoms with Crippen LogP contribution in [0.15, 0.2) is 66.7 Å². The average molecular weight is 430 g/mol. The van der Waals surface area contributed by atoms with Crippen molar-refractivity contribution in [3.8, 4) is 11.1 Å². The number of nitrogens with zero attached hydrogens (tertiary/aromatic N) is 1. The van der Waals surface area contributed by atoms with Crippen LogP contribution in [0.1, 0.15) is 26.3 Å². The van der Waals surface area contributed by atoms with Crippen molar-refractivity contribution in [1.29, 1.82) is 0 Å². The number of anilines is 1. The van der Waals surface area contributed by atoms with Gasteiger partial charge in [-0.1, -0.05) is 48.5 Å². The molecule has 3 aromatic carbocycles. The lowest BCUT2D eigenvalue weighted by molar-refractivity contribution is -0.140. The summed E-state index contributed by atoms with van der Waals surface area (Å²) >= 11 is 0. The first-order valence-electron chi connectivity index (χ1n) is 9.18. The molecule has 0 atom stereocenters. The Morgan fingerprint density at radius 2 is 1.48 bits per heavy atom. The van der Waals surface area contributed by atoms with Crippen LogP contribution in [0.4, 0.5) is 23.2 Å². The number of rotatable bonds is 4. The number of hydrogen-bond acceptors (Lipinski definition) is 2. The van der Waals surface area contributed by atoms with Crippen molar-refractivity contribution in [3.05, 3.63) is 89.2 Å². The predicted octanol–water partition coefficient (Wildman–Crippen LogP) is 5.47. The van der Waals surface area contributed by atoms with E-state index in [9.17, 15) is 27.2 Å². The summed E-state index contributed by atoms with van der Waals surface area (Å²) in [5.41, 5.74) is -2.18. The Hall–Kier alpha value is -3.68. The van der Waals surface area contributed by atoms with Gasteiger partial charge in [0, 0.05) is 14.1 Å². The zero-order valence-corrected chi connectivity index (χ0v) is 16.6. The average Bonchev–Trinajstić information content (AvgIpc) is 2.73. The minimum absolute atomic E-state index is 0.0163. The normalized spacial score (nSPS) is 11.2. The third kappa shape index (κ3) is 4.58. The first-order valence-corrected chi connectivity index (χ1v) is 9.18. The third-order valence-electron chi connectivity index (χ3n) is 4.56. The molecule has 0 radical (unpaired) electrons. The highest BCUT2D eigenvalue weighted by molar-refractivity contribution is 6.12. The minimum Gasteiger partial charge on any atom is -0.345 e. The molecule has 2 amide bonds. The van der Waals surface area contributed by atoms with E-state index in [1.807, 2.05) is 0 Å². The summed E-state index contributed by atoms with van der Waals surface area (Å²) in [4.78, 5) is 26.7. The zero-order valence-electron chi connectivity index (χ0n) is 16.6. The highest BCUT2D eigenvalue weighted by Crippen LogP contribution is 2.39. The summed E-state index contributed by atoms with van der Waals surface area (Å²) in [6.07, 6.45) is -5.11. The topological polar surface area (TPSA) is 49.4 Å². The first kappa shape index (κ1) is 22.0. The van der Waals surface area contributed by atoms with Gasteiger partial charge >= 0.3 is 6.18 Å². The molecular weight excluding hydrogens is 412 g/mol. The summed E-state index contributed by atoms with van der Waals surface area (Å²) < 4.78 is 55.5. The smallest absolute Gasteiger partial charge is 0.345 e. The summed E-state index contributed by atoms with van der Waals surface area (Å²) in [5.74, 6) is -3.19. The molecule has 0 spiro atoms. The van der Waals surface area contributed by atoms with E-state index in [4.69, 9.17) is 0 Å². The lowest BCUT2D eigenvalue weighted by Crippen LogP contribution is -2.25. The lowest BCUT2D eigenvalue weighted by Gasteiger charge is -2.19. The van der Waals surface area contributed by atoms with E-state index in [0.29, 0.717) is 11.6 Å². The molecule has 31 heavy (non-hydrogen) atoms. The summed E-state index contributed by atoms with van der Waals surface area (Å²) in [7, 11) is 3.01. The largest absolute Gasteiger partial charge is 0.420 e. The number of hydrogen-bond donors (Lipinski definition) is 1. The third-order valence-corrected chi connectivity index (χ3v) is 4.56. The van der Waals surface area contributed by atoms with Crippen LogP contribution in [0.25, 0.3) is 11.1 Å². The van der Waals surface area contributed by atoms with Crippen molar-refractivity contribution in [3.63, 3.8) is 0 Å². The maximum absolute atomic E-state index is 14.3. The molecule has 0 bridgehead atoms. The number of carbonyl (C=O) groups is 2. The fraction of sp³-hybridized carbons (Fsp3) is 0.130. The quantitative estimate of drug-likeness (QED) is 0.559. The molecule has 0 aliphatic carbocycles. The van der Waals surface area contributed by atoms with Crippen molar-refractivity contribution >= 4 is 17.5 Å². The Morgan fingerprint density at radius 1 is 0.871 bits per heavy atom. The van der Waals surface area contributed by atoms with Crippen LogP contribution in [0.2, 0.25) is 0 Å². The van der Waals surface area contributed by atoms with E-state index >= 15 is 0 Å². The van der Waals surface area contributed by atoms with Crippen LogP contribution in [-0.4, -0.2) is 30.8 Å². The number of alkyl halides is 3. The van der Waals surface area contributed by atoms with E-state index in [1.165, 1.54) is 49.3 Å². The molecule has 0 aromatic heterocycles. The molecule has 3 rings (SSSR count). The molecule has 0 fully saturated rings. The molecule has 1 N–H and O–H groups in total. The highest BCUT2D eigenvalue weighted by atomic mass is 19.4. The van der Waals surface area contributed by atoms with Gasteiger partial charge < -0.3 is 10.2 Å². The van der Waals surface area contributed by atoms with Gasteiger partial charge in [0.05, 0.1) is 16.8 Å². The van der Waals surface area contributed by atoms with Crippen molar-refractivity contribution in [1.82, 2.24) is 4.90 Å². The number of para-hydroxylation sites is 1. The van der Waals surface area contributed by atoms with Crippen LogP contribution in [0.5, 0.6) is 0 Å². The molecule has 0 unspecified atom stereocenters. The second kappa shape index (κ2) is 8.59. The van der Waals surface area contributed by atoms with E-state index in [2.05, 4.69) is 5.32 Å². The van der Waals surface area contributed by atoms with Gasteiger partial charge in [-0.25, -0.2) is 4.39 Å². The van der Waals surface area contributed by atoms with Gasteiger partial charge in [-0.3, -0.25) is 9.59 Å². The summed E-state index contributed by atoms with van der Waals surface area (Å²) in [5, 5.41) is 2.36. The lowest BCUT2D eigenvalue weighted by atomic mass is 9.93. The van der Waals surface area contributed by atoms with Gasteiger partial charge in [-0.15, -0.1) is 0 Å². The second-order valence-electron chi connectivity index (χ2n) is 6.91. The molecular formula is C23H18F4N2O2. The number of nitrogens with one attached hydrogen (secondary N) is 1. The number of amides is 2. The maximum atomic E-state index is 14.3. The molecule has 0 aliphatic rings. The van der Waals surface area contributed by atoms with Gasteiger partial charge in [-0.05, 0) is 29.3 Å². The SMILES string of the molecule is CN(C)C(=O)c1ccccc1NC(=O)c1c(-c2ccccc2)ccc(F)c1C(F)(F)F. The summed E-state index contributed by atoms with van der Waals surface area (Å²) in [6.45, 7) is 0. The van der Waals surface area contributed by atoms with Gasteiger partial charge in [0.1, 0.15) is 11.4 Å². The Balaban J connectivity index is 2.18. The van der Waals surface area contributed by atoms with E-state index in [0.717, 1.165) is 6.07 Å². The first-order chi connectivity index (χ1) is 14.6. The Bertz CT molecular complexity index is 1130. The van der Waals surface area contributed by atoms with Gasteiger partial charge in [0.15, 0.2) is 0 Å². The number of carbonyl (C=O) groups excluding carboxylic acids is 2. The van der Waals surface area contributed by atoms with Crippen LogP contribution >= 0.6 is 0 Å². The van der Waals surface area contributed by atoms with Crippen molar-refractivity contribution in [2.24, 2.45) is 0 Å². The molecule has 0 aliphatic heterocycles. The summed E-state index contributed by atoms with van der Waals surface area (Å²) in [6, 6.07) is 15.6. The zero-order chi connectivity index (χ0) is 22.8. The second-order valence-corrected chi connectivity index (χ2v) is 6.91. The van der Waals surface area contributed by atoms with Crippen LogP contribution < -0.4 is 5.32 Å². The van der Waals surface area contributed by atoms with Crippen molar-refractivity contribution in [2.45, 2.75) is 6.18 Å². The molecule has 0 heterocycles. The van der Waals surface area contributed by atoms with Crippen LogP contribution in [0.3, 0.4) is 0 Å². The van der Waals surface area contributed by atoms with Crippen molar-refractivity contribution < 1.29 is 27.2 Å². The fourth-order valence-corrected chi connectivity index (χ4v) is 3.15. The molecule has 8 heteroatoms. The van der Waals surface area contributed by atoms with Crippen LogP contribution in [0, 0.1) is 5.82 Å². The Labute approximate surface area is 176 Å². The molecule has 3 aromatic rings. The number of halogens is 4. The van der Waals surface area contributed by atoms with E-state index in [1.54, 1.807) is 24.3 Å². The highest BCUT2D eigenvalue weighted by Gasteiger charge is 2.40. The molecule has 0 saturated carbocycles. The van der Waals surface area contributed by atoms with E-state index < -0.39 is 34.9 Å². The van der Waals surface area contributed by atoms with Gasteiger partial charge in [-0.2, -0.15) is 13.2 Å². The number of benzene rings is 3. The molecule has 160 valence electrons. The molecule has 4 nitrogen and oxygen atoms in total. The van der Waals surface area contributed by atoms with Crippen LogP contribution in [-0.2, 0) is 6.18 Å². The maximum Gasteiger partial charge on any atom is 0.420 e. The minimum atomic E-state index is -5.11. The predicted molar refractivity (Wildman–Crippen MR) is 109 cm³/mol. The molecule has 0 saturated heterocycles.